The average molecular weight is 536 g/mol. The number of halogens is 2. The van der Waals surface area contributed by atoms with Gasteiger partial charge in [0.15, 0.2) is 11.6 Å². The standard InChI is InChI=1S/C25H21F2N7OS.C2H6/c26-17-8-30-22(19-13(6-28)24(29)36-23(17)19)18-16-11-35-10-15(16)14-7-31-25(32-21(14)20(18)27)34-5-4-33-3-1-2-12(33)9-34;1-2/h7-8,12H,1-5,9-11,29H2;1-2H3. The third kappa shape index (κ3) is 3.70. The SMILES string of the molecule is CC.N#Cc1c(N)sc2c(F)cnc(-c3c4c(c5cnc(N6CCN7CCCC7C6)nc5c3F)COC4)c12. The van der Waals surface area contributed by atoms with Crippen LogP contribution in [0.3, 0.4) is 0 Å². The molecule has 0 spiro atoms. The maximum absolute atomic E-state index is 16.4. The Balaban J connectivity index is 0.00000129. The van der Waals surface area contributed by atoms with Gasteiger partial charge >= 0.3 is 0 Å². The van der Waals surface area contributed by atoms with Gasteiger partial charge in [0.1, 0.15) is 16.6 Å². The summed E-state index contributed by atoms with van der Waals surface area (Å²) in [4.78, 5) is 18.2. The Morgan fingerprint density at radius 3 is 2.76 bits per heavy atom. The van der Waals surface area contributed by atoms with Crippen molar-refractivity contribution >= 4 is 43.3 Å². The number of aromatic nitrogens is 3. The van der Waals surface area contributed by atoms with Crippen molar-refractivity contribution in [2.45, 2.75) is 45.9 Å². The number of hydrogen-bond donors (Lipinski definition) is 1. The number of fused-ring (bicyclic) bond motifs is 5. The van der Waals surface area contributed by atoms with E-state index >= 15 is 4.39 Å². The zero-order chi connectivity index (χ0) is 26.6. The van der Waals surface area contributed by atoms with E-state index in [4.69, 9.17) is 15.5 Å². The molecule has 2 fully saturated rings. The number of piperazine rings is 1. The third-order valence-electron chi connectivity index (χ3n) is 7.60. The highest BCUT2D eigenvalue weighted by atomic mass is 32.1. The van der Waals surface area contributed by atoms with E-state index in [9.17, 15) is 9.65 Å². The number of nitrogens with zero attached hydrogens (tertiary/aromatic N) is 6. The number of ether oxygens (including phenoxy) is 1. The first kappa shape index (κ1) is 24.9. The van der Waals surface area contributed by atoms with E-state index in [1.165, 1.54) is 6.42 Å². The summed E-state index contributed by atoms with van der Waals surface area (Å²) in [7, 11) is 0. The molecule has 0 aliphatic carbocycles. The summed E-state index contributed by atoms with van der Waals surface area (Å²) in [5.74, 6) is -0.685. The van der Waals surface area contributed by atoms with Crippen LogP contribution in [0.15, 0.2) is 12.4 Å². The number of rotatable bonds is 2. The second-order valence-electron chi connectivity index (χ2n) is 9.46. The van der Waals surface area contributed by atoms with Crippen LogP contribution in [0.5, 0.6) is 0 Å². The smallest absolute Gasteiger partial charge is 0.226 e. The molecule has 3 aliphatic rings. The molecule has 3 aromatic heterocycles. The molecule has 1 unspecified atom stereocenters. The van der Waals surface area contributed by atoms with Crippen molar-refractivity contribution < 1.29 is 13.5 Å². The number of nitriles is 1. The lowest BCUT2D eigenvalue weighted by Crippen LogP contribution is -2.50. The minimum atomic E-state index is -0.600. The Kier molecular flexibility index (Phi) is 6.34. The zero-order valence-electron chi connectivity index (χ0n) is 21.2. The number of nitrogen functional groups attached to an aromatic ring is 1. The molecule has 0 amide bonds. The minimum absolute atomic E-state index is 0.0990. The molecule has 0 saturated carbocycles. The van der Waals surface area contributed by atoms with Crippen LogP contribution in [0.1, 0.15) is 43.4 Å². The highest BCUT2D eigenvalue weighted by Crippen LogP contribution is 2.45. The number of nitrogens with two attached hydrogens (primary N) is 1. The molecule has 3 aliphatic heterocycles. The monoisotopic (exact) mass is 535 g/mol. The van der Waals surface area contributed by atoms with Crippen LogP contribution in [-0.2, 0) is 18.0 Å². The van der Waals surface area contributed by atoms with Crippen molar-refractivity contribution in [2.24, 2.45) is 0 Å². The van der Waals surface area contributed by atoms with Gasteiger partial charge in [-0.15, -0.1) is 11.3 Å². The molecule has 4 aromatic rings. The molecule has 38 heavy (non-hydrogen) atoms. The molecule has 11 heteroatoms. The molecule has 0 radical (unpaired) electrons. The molecule has 2 saturated heterocycles. The average Bonchev–Trinajstić information content (AvgIpc) is 3.69. The lowest BCUT2D eigenvalue weighted by atomic mass is 9.94. The van der Waals surface area contributed by atoms with Crippen molar-refractivity contribution in [3.63, 3.8) is 0 Å². The Morgan fingerprint density at radius 2 is 1.95 bits per heavy atom. The second kappa shape index (κ2) is 9.69. The first-order valence-electron chi connectivity index (χ1n) is 12.9. The summed E-state index contributed by atoms with van der Waals surface area (Å²) < 4.78 is 36.9. The number of benzene rings is 1. The van der Waals surface area contributed by atoms with Gasteiger partial charge in [-0.1, -0.05) is 13.8 Å². The Labute approximate surface area is 222 Å². The van der Waals surface area contributed by atoms with Gasteiger partial charge in [0.25, 0.3) is 0 Å². The molecule has 6 heterocycles. The lowest BCUT2D eigenvalue weighted by Gasteiger charge is -2.37. The molecule has 0 bridgehead atoms. The van der Waals surface area contributed by atoms with E-state index in [0.29, 0.717) is 22.9 Å². The summed E-state index contributed by atoms with van der Waals surface area (Å²) in [6.45, 7) is 8.11. The number of pyridine rings is 1. The number of thiophene rings is 1. The largest absolute Gasteiger partial charge is 0.389 e. The van der Waals surface area contributed by atoms with Crippen molar-refractivity contribution in [2.75, 3.05) is 36.8 Å². The van der Waals surface area contributed by atoms with Crippen molar-refractivity contribution in [1.82, 2.24) is 19.9 Å². The van der Waals surface area contributed by atoms with Gasteiger partial charge in [0.2, 0.25) is 5.95 Å². The molecule has 2 N–H and O–H groups in total. The van der Waals surface area contributed by atoms with E-state index < -0.39 is 11.6 Å². The van der Waals surface area contributed by atoms with Crippen LogP contribution in [-0.4, -0.2) is 52.1 Å². The number of anilines is 2. The fourth-order valence-corrected chi connectivity index (χ4v) is 6.78. The summed E-state index contributed by atoms with van der Waals surface area (Å²) in [5, 5.41) is 10.7. The molecule has 1 atom stereocenters. The normalized spacial score (nSPS) is 18.8. The highest BCUT2D eigenvalue weighted by Gasteiger charge is 2.33. The van der Waals surface area contributed by atoms with Crippen LogP contribution in [0.4, 0.5) is 19.7 Å². The van der Waals surface area contributed by atoms with E-state index in [2.05, 4.69) is 19.8 Å². The highest BCUT2D eigenvalue weighted by molar-refractivity contribution is 7.23. The fraction of sp³-hybridized carbons (Fsp3) is 0.407. The van der Waals surface area contributed by atoms with Gasteiger partial charge < -0.3 is 15.4 Å². The van der Waals surface area contributed by atoms with Gasteiger partial charge in [0, 0.05) is 48.2 Å². The first-order chi connectivity index (χ1) is 18.5. The molecular formula is C27H27F2N7OS. The maximum atomic E-state index is 16.4. The van der Waals surface area contributed by atoms with E-state index in [0.717, 1.165) is 55.7 Å². The number of hydrogen-bond acceptors (Lipinski definition) is 9. The summed E-state index contributed by atoms with van der Waals surface area (Å²) in [5.41, 5.74) is 8.05. The van der Waals surface area contributed by atoms with Gasteiger partial charge in [0.05, 0.1) is 35.4 Å². The lowest BCUT2D eigenvalue weighted by molar-refractivity contribution is 0.135. The summed E-state index contributed by atoms with van der Waals surface area (Å²) in [6.07, 6.45) is 5.06. The second-order valence-corrected chi connectivity index (χ2v) is 10.5. The molecule has 7 rings (SSSR count). The van der Waals surface area contributed by atoms with Crippen LogP contribution >= 0.6 is 11.3 Å². The quantitative estimate of drug-likeness (QED) is 0.383. The minimum Gasteiger partial charge on any atom is -0.389 e. The van der Waals surface area contributed by atoms with Crippen molar-refractivity contribution in [1.29, 1.82) is 5.26 Å². The molecule has 8 nitrogen and oxygen atoms in total. The molecular weight excluding hydrogens is 508 g/mol. The van der Waals surface area contributed by atoms with Crippen LogP contribution in [0.25, 0.3) is 32.2 Å². The Bertz CT molecular complexity index is 1620. The van der Waals surface area contributed by atoms with E-state index in [1.54, 1.807) is 6.20 Å². The van der Waals surface area contributed by atoms with Gasteiger partial charge in [-0.25, -0.2) is 18.7 Å². The maximum Gasteiger partial charge on any atom is 0.226 e. The Morgan fingerprint density at radius 1 is 1.13 bits per heavy atom. The van der Waals surface area contributed by atoms with Gasteiger partial charge in [-0.3, -0.25) is 9.88 Å². The van der Waals surface area contributed by atoms with E-state index in [-0.39, 0.29) is 50.6 Å². The van der Waals surface area contributed by atoms with Crippen LogP contribution in [0, 0.1) is 23.0 Å². The van der Waals surface area contributed by atoms with Gasteiger partial charge in [-0.05, 0) is 30.5 Å². The topological polar surface area (TPSA) is 104 Å². The van der Waals surface area contributed by atoms with Crippen LogP contribution < -0.4 is 10.6 Å². The molecule has 1 aromatic carbocycles. The fourth-order valence-electron chi connectivity index (χ4n) is 5.86. The predicted molar refractivity (Wildman–Crippen MR) is 144 cm³/mol. The molecule has 196 valence electrons. The zero-order valence-corrected chi connectivity index (χ0v) is 22.0. The third-order valence-corrected chi connectivity index (χ3v) is 8.63. The first-order valence-corrected chi connectivity index (χ1v) is 13.7. The summed E-state index contributed by atoms with van der Waals surface area (Å²) in [6, 6.07) is 2.51. The van der Waals surface area contributed by atoms with Gasteiger partial charge in [-0.2, -0.15) is 5.26 Å². The van der Waals surface area contributed by atoms with Crippen molar-refractivity contribution in [3.05, 3.63) is 40.7 Å². The van der Waals surface area contributed by atoms with Crippen LogP contribution in [0.2, 0.25) is 0 Å². The summed E-state index contributed by atoms with van der Waals surface area (Å²) >= 11 is 0.961. The predicted octanol–water partition coefficient (Wildman–Crippen LogP) is 4.98. The van der Waals surface area contributed by atoms with E-state index in [1.807, 2.05) is 19.9 Å². The Hall–Kier alpha value is -3.46. The van der Waals surface area contributed by atoms with Crippen molar-refractivity contribution in [3.8, 4) is 17.3 Å².